The van der Waals surface area contributed by atoms with E-state index in [1.165, 1.54) is 0 Å². The van der Waals surface area contributed by atoms with Crippen molar-refractivity contribution in [1.82, 2.24) is 4.98 Å². The van der Waals surface area contributed by atoms with Crippen molar-refractivity contribution < 1.29 is 13.5 Å². The lowest BCUT2D eigenvalue weighted by Gasteiger charge is -2.36. The maximum atomic E-state index is 12.0. The zero-order valence-corrected chi connectivity index (χ0v) is 11.2. The molecule has 2 fully saturated rings. The van der Waals surface area contributed by atoms with Crippen LogP contribution in [0.5, 0.6) is 0 Å². The highest BCUT2D eigenvalue weighted by atomic mass is 32.2. The summed E-state index contributed by atoms with van der Waals surface area (Å²) in [6.07, 6.45) is 3.68. The summed E-state index contributed by atoms with van der Waals surface area (Å²) in [5, 5.41) is 10.00. The molecule has 2 atom stereocenters. The second kappa shape index (κ2) is 3.78. The molecule has 0 aromatic carbocycles. The normalized spacial score (nSPS) is 37.7. The minimum atomic E-state index is -3.00. The van der Waals surface area contributed by atoms with Crippen molar-refractivity contribution in [3.63, 3.8) is 0 Å². The lowest BCUT2D eigenvalue weighted by molar-refractivity contribution is 0.0170. The highest BCUT2D eigenvalue weighted by Crippen LogP contribution is 2.47. The Morgan fingerprint density at radius 1 is 1.28 bits per heavy atom. The Labute approximate surface area is 107 Å². The van der Waals surface area contributed by atoms with E-state index in [9.17, 15) is 13.5 Å². The average molecular weight is 267 g/mol. The summed E-state index contributed by atoms with van der Waals surface area (Å²) >= 11 is 0. The molecule has 0 aliphatic carbocycles. The van der Waals surface area contributed by atoms with Gasteiger partial charge in [-0.25, -0.2) is 8.42 Å². The Morgan fingerprint density at radius 3 is 2.39 bits per heavy atom. The van der Waals surface area contributed by atoms with Gasteiger partial charge in [-0.05, 0) is 38.7 Å². The van der Waals surface area contributed by atoms with Crippen LogP contribution in [0.1, 0.15) is 36.9 Å². The Bertz CT molecular complexity index is 544. The van der Waals surface area contributed by atoms with E-state index in [0.717, 1.165) is 11.3 Å². The lowest BCUT2D eigenvalue weighted by Crippen LogP contribution is -2.43. The van der Waals surface area contributed by atoms with E-state index in [1.54, 1.807) is 6.20 Å². The average Bonchev–Trinajstić information content (AvgIpc) is 2.51. The van der Waals surface area contributed by atoms with E-state index in [2.05, 4.69) is 4.98 Å². The second-order valence-corrected chi connectivity index (χ2v) is 8.05. The fraction of sp³-hybridized carbons (Fsp3) is 0.615. The van der Waals surface area contributed by atoms with E-state index in [1.807, 2.05) is 19.1 Å². The van der Waals surface area contributed by atoms with Crippen LogP contribution in [0, 0.1) is 6.92 Å². The maximum absolute atomic E-state index is 12.0. The van der Waals surface area contributed by atoms with Crippen LogP contribution < -0.4 is 0 Å². The molecular weight excluding hydrogens is 250 g/mol. The number of aryl methyl sites for hydroxylation is 1. The van der Waals surface area contributed by atoms with Crippen LogP contribution in [-0.2, 0) is 15.4 Å². The van der Waals surface area contributed by atoms with Crippen molar-refractivity contribution in [3.8, 4) is 0 Å². The summed E-state index contributed by atoms with van der Waals surface area (Å²) in [4.78, 5) is 4.20. The van der Waals surface area contributed by atoms with Gasteiger partial charge >= 0.3 is 0 Å². The molecule has 2 unspecified atom stereocenters. The zero-order chi connectivity index (χ0) is 13.0. The first kappa shape index (κ1) is 12.1. The van der Waals surface area contributed by atoms with Crippen LogP contribution in [0.25, 0.3) is 0 Å². The largest absolute Gasteiger partial charge is 0.385 e. The van der Waals surface area contributed by atoms with Crippen molar-refractivity contribution in [2.24, 2.45) is 0 Å². The molecule has 0 radical (unpaired) electrons. The van der Waals surface area contributed by atoms with Crippen molar-refractivity contribution in [3.05, 3.63) is 29.6 Å². The van der Waals surface area contributed by atoms with Crippen LogP contribution >= 0.6 is 0 Å². The molecule has 2 aliphatic heterocycles. The van der Waals surface area contributed by atoms with Gasteiger partial charge in [0.1, 0.15) is 0 Å². The first-order chi connectivity index (χ1) is 8.42. The van der Waals surface area contributed by atoms with Crippen molar-refractivity contribution in [1.29, 1.82) is 0 Å². The topological polar surface area (TPSA) is 67.3 Å². The highest BCUT2D eigenvalue weighted by Gasteiger charge is 2.53. The molecule has 3 heterocycles. The number of rotatable bonds is 1. The number of aliphatic hydroxyl groups is 1. The Balaban J connectivity index is 1.97. The van der Waals surface area contributed by atoms with E-state index in [0.29, 0.717) is 25.7 Å². The van der Waals surface area contributed by atoms with Crippen molar-refractivity contribution >= 4 is 9.84 Å². The number of fused-ring (bicyclic) bond motifs is 2. The third-order valence-electron chi connectivity index (χ3n) is 4.32. The molecule has 3 rings (SSSR count). The molecule has 0 amide bonds. The fourth-order valence-electron chi connectivity index (χ4n) is 3.22. The molecule has 0 spiro atoms. The highest BCUT2D eigenvalue weighted by molar-refractivity contribution is 7.93. The van der Waals surface area contributed by atoms with Gasteiger partial charge in [0.25, 0.3) is 0 Å². The molecule has 5 heteroatoms. The van der Waals surface area contributed by atoms with E-state index >= 15 is 0 Å². The van der Waals surface area contributed by atoms with Gasteiger partial charge in [0.05, 0.1) is 16.1 Å². The van der Waals surface area contributed by atoms with Gasteiger partial charge in [-0.2, -0.15) is 0 Å². The van der Waals surface area contributed by atoms with Gasteiger partial charge in [-0.15, -0.1) is 0 Å². The summed E-state index contributed by atoms with van der Waals surface area (Å²) in [6, 6.07) is 3.72. The third-order valence-corrected chi connectivity index (χ3v) is 6.98. The summed E-state index contributed by atoms with van der Waals surface area (Å²) in [5.74, 6) is 0. The summed E-state index contributed by atoms with van der Waals surface area (Å²) < 4.78 is 24.0. The number of pyridine rings is 1. The number of sulfone groups is 1. The Kier molecular flexibility index (Phi) is 2.54. The van der Waals surface area contributed by atoms with Gasteiger partial charge in [0.2, 0.25) is 0 Å². The molecule has 2 saturated heterocycles. The minimum absolute atomic E-state index is 0.316. The first-order valence-electron chi connectivity index (χ1n) is 6.30. The van der Waals surface area contributed by atoms with Gasteiger partial charge in [-0.1, -0.05) is 6.07 Å². The predicted octanol–water partition coefficient (Wildman–Crippen LogP) is 1.32. The molecule has 4 nitrogen and oxygen atoms in total. The summed E-state index contributed by atoms with van der Waals surface area (Å²) in [7, 11) is -3.00. The van der Waals surface area contributed by atoms with Crippen LogP contribution in [0.2, 0.25) is 0 Å². The first-order valence-corrected chi connectivity index (χ1v) is 7.91. The second-order valence-electron chi connectivity index (χ2n) is 5.54. The predicted molar refractivity (Wildman–Crippen MR) is 67.8 cm³/mol. The summed E-state index contributed by atoms with van der Waals surface area (Å²) in [5.41, 5.74) is 0.631. The van der Waals surface area contributed by atoms with Gasteiger partial charge in [0, 0.05) is 17.5 Å². The molecule has 2 aliphatic rings. The Hall–Kier alpha value is -0.940. The van der Waals surface area contributed by atoms with Gasteiger partial charge in [0.15, 0.2) is 9.84 Å². The standard InChI is InChI=1S/C13H17NO3S/c1-9-2-3-10(8-14-9)13(15)6-11-4-5-12(7-13)18(11,16)17/h2-3,8,11-12,15H,4-7H2,1H3. The van der Waals surface area contributed by atoms with Gasteiger partial charge in [-0.3, -0.25) is 4.98 Å². The van der Waals surface area contributed by atoms with E-state index in [-0.39, 0.29) is 10.5 Å². The van der Waals surface area contributed by atoms with Crippen LogP contribution in [0.4, 0.5) is 0 Å². The maximum Gasteiger partial charge on any atom is 0.156 e. The third kappa shape index (κ3) is 1.68. The van der Waals surface area contributed by atoms with Crippen molar-refractivity contribution in [2.45, 2.75) is 48.7 Å². The van der Waals surface area contributed by atoms with E-state index in [4.69, 9.17) is 0 Å². The number of aromatic nitrogens is 1. The van der Waals surface area contributed by atoms with Crippen LogP contribution in [-0.4, -0.2) is 29.0 Å². The molecule has 18 heavy (non-hydrogen) atoms. The number of nitrogens with zero attached hydrogens (tertiary/aromatic N) is 1. The Morgan fingerprint density at radius 2 is 1.89 bits per heavy atom. The van der Waals surface area contributed by atoms with Crippen molar-refractivity contribution in [2.75, 3.05) is 0 Å². The molecule has 2 bridgehead atoms. The quantitative estimate of drug-likeness (QED) is 0.833. The van der Waals surface area contributed by atoms with Crippen LogP contribution in [0.15, 0.2) is 18.3 Å². The van der Waals surface area contributed by atoms with Crippen LogP contribution in [0.3, 0.4) is 0 Å². The molecule has 0 saturated carbocycles. The van der Waals surface area contributed by atoms with E-state index < -0.39 is 15.4 Å². The monoisotopic (exact) mass is 267 g/mol. The minimum Gasteiger partial charge on any atom is -0.385 e. The SMILES string of the molecule is Cc1ccc(C2(O)CC3CCC(C2)S3(=O)=O)cn1. The fourth-order valence-corrected chi connectivity index (χ4v) is 5.71. The molecule has 1 aromatic heterocycles. The smallest absolute Gasteiger partial charge is 0.156 e. The summed E-state index contributed by atoms with van der Waals surface area (Å²) in [6.45, 7) is 1.89. The molecule has 1 N–H and O–H groups in total. The zero-order valence-electron chi connectivity index (χ0n) is 10.3. The molecular formula is C13H17NO3S. The molecule has 1 aromatic rings. The molecule has 98 valence electrons. The van der Waals surface area contributed by atoms with Gasteiger partial charge < -0.3 is 5.11 Å². The lowest BCUT2D eigenvalue weighted by atomic mass is 9.87. The number of hydrogen-bond donors (Lipinski definition) is 1. The number of hydrogen-bond acceptors (Lipinski definition) is 4.